The minimum atomic E-state index is -0.528. The number of hydrogen-bond donors (Lipinski definition) is 0. The average molecular weight is 311 g/mol. The van der Waals surface area contributed by atoms with Crippen LogP contribution in [0.3, 0.4) is 0 Å². The number of nitro groups is 1. The Morgan fingerprint density at radius 1 is 1.22 bits per heavy atom. The van der Waals surface area contributed by atoms with E-state index in [-0.39, 0.29) is 17.0 Å². The number of nitrogens with zero attached hydrogens (tertiary/aromatic N) is 3. The molecule has 7 nitrogen and oxygen atoms in total. The van der Waals surface area contributed by atoms with Gasteiger partial charge in [-0.05, 0) is 18.2 Å². The van der Waals surface area contributed by atoms with Crippen molar-refractivity contribution in [3.05, 3.63) is 57.6 Å². The standard InChI is InChI=1S/C16H13N3O4/c1-22-15-7-12(14(19(20)21)8-16(15)23-2)10-18-13-6-4-3-5-11(13)9-17/h3-8,10H,1-2H3. The third kappa shape index (κ3) is 3.44. The highest BCUT2D eigenvalue weighted by atomic mass is 16.6. The van der Waals surface area contributed by atoms with Crippen molar-refractivity contribution in [3.63, 3.8) is 0 Å². The molecule has 0 unspecified atom stereocenters. The fourth-order valence-corrected chi connectivity index (χ4v) is 1.97. The molecule has 7 heteroatoms. The molecule has 0 amide bonds. The first-order valence-corrected chi connectivity index (χ1v) is 6.54. The van der Waals surface area contributed by atoms with E-state index < -0.39 is 4.92 Å². The summed E-state index contributed by atoms with van der Waals surface area (Å²) in [6.45, 7) is 0. The molecule has 0 aromatic heterocycles. The van der Waals surface area contributed by atoms with Crippen LogP contribution in [0, 0.1) is 21.4 Å². The van der Waals surface area contributed by atoms with Gasteiger partial charge in [0.25, 0.3) is 5.69 Å². The minimum absolute atomic E-state index is 0.166. The summed E-state index contributed by atoms with van der Waals surface area (Å²) < 4.78 is 10.2. The van der Waals surface area contributed by atoms with Crippen molar-refractivity contribution in [2.45, 2.75) is 0 Å². The quantitative estimate of drug-likeness (QED) is 0.479. The zero-order valence-corrected chi connectivity index (χ0v) is 12.5. The van der Waals surface area contributed by atoms with Gasteiger partial charge in [-0.2, -0.15) is 5.26 Å². The van der Waals surface area contributed by atoms with Crippen molar-refractivity contribution in [1.82, 2.24) is 0 Å². The van der Waals surface area contributed by atoms with E-state index in [9.17, 15) is 10.1 Å². The molecule has 0 atom stereocenters. The van der Waals surface area contributed by atoms with Gasteiger partial charge < -0.3 is 9.47 Å². The van der Waals surface area contributed by atoms with Gasteiger partial charge in [0.15, 0.2) is 11.5 Å². The molecule has 0 heterocycles. The Kier molecular flexibility index (Phi) is 4.89. The van der Waals surface area contributed by atoms with Crippen LogP contribution >= 0.6 is 0 Å². The van der Waals surface area contributed by atoms with Gasteiger partial charge in [0.1, 0.15) is 6.07 Å². The Balaban J connectivity index is 2.52. The molecule has 0 aliphatic carbocycles. The van der Waals surface area contributed by atoms with E-state index in [0.717, 1.165) is 0 Å². The van der Waals surface area contributed by atoms with Crippen molar-refractivity contribution < 1.29 is 14.4 Å². The number of para-hydroxylation sites is 1. The second-order valence-corrected chi connectivity index (χ2v) is 4.41. The molecule has 0 spiro atoms. The van der Waals surface area contributed by atoms with E-state index >= 15 is 0 Å². The minimum Gasteiger partial charge on any atom is -0.493 e. The maximum atomic E-state index is 11.2. The first kappa shape index (κ1) is 16.0. The summed E-state index contributed by atoms with van der Waals surface area (Å²) >= 11 is 0. The molecule has 0 N–H and O–H groups in total. The van der Waals surface area contributed by atoms with Crippen molar-refractivity contribution in [1.29, 1.82) is 5.26 Å². The molecular formula is C16H13N3O4. The molecule has 0 fully saturated rings. The van der Waals surface area contributed by atoms with Crippen LogP contribution in [0.5, 0.6) is 11.5 Å². The van der Waals surface area contributed by atoms with E-state index in [1.807, 2.05) is 6.07 Å². The van der Waals surface area contributed by atoms with Crippen LogP contribution in [-0.4, -0.2) is 25.4 Å². The number of hydrogen-bond acceptors (Lipinski definition) is 6. The summed E-state index contributed by atoms with van der Waals surface area (Å²) in [5.74, 6) is 0.613. The molecule has 23 heavy (non-hydrogen) atoms. The fraction of sp³-hybridized carbons (Fsp3) is 0.125. The number of nitriles is 1. The largest absolute Gasteiger partial charge is 0.493 e. The summed E-state index contributed by atoms with van der Waals surface area (Å²) in [6.07, 6.45) is 1.33. The Morgan fingerprint density at radius 2 is 1.87 bits per heavy atom. The normalized spacial score (nSPS) is 10.3. The first-order valence-electron chi connectivity index (χ1n) is 6.54. The smallest absolute Gasteiger partial charge is 0.282 e. The number of benzene rings is 2. The first-order chi connectivity index (χ1) is 11.1. The van der Waals surface area contributed by atoms with Crippen LogP contribution in [0.4, 0.5) is 11.4 Å². The molecule has 2 rings (SSSR count). The van der Waals surface area contributed by atoms with Gasteiger partial charge in [-0.15, -0.1) is 0 Å². The van der Waals surface area contributed by atoms with Crippen LogP contribution in [0.2, 0.25) is 0 Å². The lowest BCUT2D eigenvalue weighted by Gasteiger charge is -2.08. The van der Waals surface area contributed by atoms with E-state index in [2.05, 4.69) is 4.99 Å². The fourth-order valence-electron chi connectivity index (χ4n) is 1.97. The Hall–Kier alpha value is -3.40. The Morgan fingerprint density at radius 3 is 2.48 bits per heavy atom. The third-order valence-corrected chi connectivity index (χ3v) is 3.10. The highest BCUT2D eigenvalue weighted by Crippen LogP contribution is 2.34. The van der Waals surface area contributed by atoms with E-state index in [4.69, 9.17) is 14.7 Å². The summed E-state index contributed by atoms with van der Waals surface area (Å²) in [6, 6.07) is 11.5. The number of rotatable bonds is 5. The lowest BCUT2D eigenvalue weighted by molar-refractivity contribution is -0.385. The van der Waals surface area contributed by atoms with Crippen LogP contribution in [-0.2, 0) is 0 Å². The van der Waals surface area contributed by atoms with Gasteiger partial charge in [-0.1, -0.05) is 12.1 Å². The van der Waals surface area contributed by atoms with Gasteiger partial charge in [0.05, 0.1) is 42.0 Å². The highest BCUT2D eigenvalue weighted by molar-refractivity contribution is 5.89. The third-order valence-electron chi connectivity index (χ3n) is 3.10. The van der Waals surface area contributed by atoms with Crippen LogP contribution in [0.15, 0.2) is 41.4 Å². The van der Waals surface area contributed by atoms with Crippen molar-refractivity contribution in [3.8, 4) is 17.6 Å². The van der Waals surface area contributed by atoms with E-state index in [1.54, 1.807) is 24.3 Å². The molecule has 0 aliphatic rings. The lowest BCUT2D eigenvalue weighted by Crippen LogP contribution is -1.98. The zero-order chi connectivity index (χ0) is 16.8. The summed E-state index contributed by atoms with van der Waals surface area (Å²) in [5, 5.41) is 20.3. The molecule has 116 valence electrons. The van der Waals surface area contributed by atoms with Crippen LogP contribution in [0.1, 0.15) is 11.1 Å². The molecular weight excluding hydrogens is 298 g/mol. The van der Waals surface area contributed by atoms with Crippen molar-refractivity contribution >= 4 is 17.6 Å². The summed E-state index contributed by atoms with van der Waals surface area (Å²) in [4.78, 5) is 14.9. The number of nitro benzene ring substituents is 1. The second-order valence-electron chi connectivity index (χ2n) is 4.41. The topological polar surface area (TPSA) is 97.8 Å². The molecule has 2 aromatic carbocycles. The Bertz CT molecular complexity index is 809. The van der Waals surface area contributed by atoms with Crippen molar-refractivity contribution in [2.24, 2.45) is 4.99 Å². The highest BCUT2D eigenvalue weighted by Gasteiger charge is 2.18. The van der Waals surface area contributed by atoms with E-state index in [1.165, 1.54) is 32.6 Å². The zero-order valence-electron chi connectivity index (χ0n) is 12.5. The number of methoxy groups -OCH3 is 2. The molecule has 0 saturated carbocycles. The van der Waals surface area contributed by atoms with Gasteiger partial charge in [0, 0.05) is 6.21 Å². The van der Waals surface area contributed by atoms with Gasteiger partial charge >= 0.3 is 0 Å². The lowest BCUT2D eigenvalue weighted by atomic mass is 10.1. The molecule has 0 radical (unpaired) electrons. The van der Waals surface area contributed by atoms with Gasteiger partial charge in [0.2, 0.25) is 0 Å². The van der Waals surface area contributed by atoms with Crippen molar-refractivity contribution in [2.75, 3.05) is 14.2 Å². The van der Waals surface area contributed by atoms with Crippen LogP contribution < -0.4 is 9.47 Å². The average Bonchev–Trinajstić information content (AvgIpc) is 2.59. The Labute approximate surface area is 132 Å². The summed E-state index contributed by atoms with van der Waals surface area (Å²) in [7, 11) is 2.84. The monoisotopic (exact) mass is 311 g/mol. The molecule has 0 bridgehead atoms. The second kappa shape index (κ2) is 7.04. The van der Waals surface area contributed by atoms with E-state index in [0.29, 0.717) is 17.0 Å². The molecule has 2 aromatic rings. The predicted molar refractivity (Wildman–Crippen MR) is 84.6 cm³/mol. The summed E-state index contributed by atoms with van der Waals surface area (Å²) in [5.41, 5.74) is 0.896. The SMILES string of the molecule is COc1cc(C=Nc2ccccc2C#N)c([N+](=O)[O-])cc1OC. The number of ether oxygens (including phenoxy) is 2. The van der Waals surface area contributed by atoms with Crippen LogP contribution in [0.25, 0.3) is 0 Å². The van der Waals surface area contributed by atoms with Gasteiger partial charge in [-0.25, -0.2) is 0 Å². The molecule has 0 saturated heterocycles. The predicted octanol–water partition coefficient (Wildman–Crippen LogP) is 3.23. The maximum Gasteiger partial charge on any atom is 0.282 e. The van der Waals surface area contributed by atoms with Gasteiger partial charge in [-0.3, -0.25) is 15.1 Å². The number of aliphatic imine (C=N–C) groups is 1. The molecule has 0 aliphatic heterocycles. The maximum absolute atomic E-state index is 11.2.